The second-order valence-electron chi connectivity index (χ2n) is 5.53. The molecule has 0 N–H and O–H groups in total. The Hall–Kier alpha value is -1.08. The van der Waals surface area contributed by atoms with Crippen LogP contribution in [-0.2, 0) is 10.9 Å². The number of hydrogen-bond acceptors (Lipinski definition) is 2. The quantitative estimate of drug-likeness (QED) is 0.758. The number of carbonyl (C=O) groups is 1. The summed E-state index contributed by atoms with van der Waals surface area (Å²) in [5.74, 6) is -0.413. The molecule has 7 heteroatoms. The van der Waals surface area contributed by atoms with Crippen LogP contribution < -0.4 is 0 Å². The van der Waals surface area contributed by atoms with E-state index >= 15 is 0 Å². The third-order valence-corrected chi connectivity index (χ3v) is 3.92. The predicted molar refractivity (Wildman–Crippen MR) is 75.1 cm³/mol. The molecule has 0 atom stereocenters. The number of carbonyl (C=O) groups excluding carboxylic acids is 1. The number of morpholine rings is 1. The van der Waals surface area contributed by atoms with Crippen molar-refractivity contribution in [3.8, 4) is 0 Å². The van der Waals surface area contributed by atoms with Crippen LogP contribution in [0.4, 0.5) is 13.2 Å². The number of rotatable bonds is 1. The van der Waals surface area contributed by atoms with Gasteiger partial charge in [-0.05, 0) is 32.0 Å². The molecule has 0 saturated carbocycles. The zero-order valence-corrected chi connectivity index (χ0v) is 13.2. The van der Waals surface area contributed by atoms with E-state index in [-0.39, 0.29) is 10.0 Å². The summed E-state index contributed by atoms with van der Waals surface area (Å²) in [6.07, 6.45) is -4.50. The largest absolute Gasteiger partial charge is 0.417 e. The molecule has 0 radical (unpaired) electrons. The average Bonchev–Trinajstić information content (AvgIpc) is 2.36. The highest BCUT2D eigenvalue weighted by molar-refractivity contribution is 9.10. The van der Waals surface area contributed by atoms with E-state index in [1.807, 2.05) is 13.8 Å². The molecule has 0 unspecified atom stereocenters. The van der Waals surface area contributed by atoms with Crippen LogP contribution in [0, 0.1) is 0 Å². The number of halogens is 4. The fraction of sp³-hybridized carbons (Fsp3) is 0.500. The first-order valence-corrected chi connectivity index (χ1v) is 7.19. The summed E-state index contributed by atoms with van der Waals surface area (Å²) < 4.78 is 44.1. The first kappa shape index (κ1) is 16.3. The van der Waals surface area contributed by atoms with Crippen LogP contribution in [0.3, 0.4) is 0 Å². The van der Waals surface area contributed by atoms with Crippen LogP contribution in [0.25, 0.3) is 0 Å². The van der Waals surface area contributed by atoms with Gasteiger partial charge in [-0.15, -0.1) is 0 Å². The lowest BCUT2D eigenvalue weighted by atomic mass is 10.1. The van der Waals surface area contributed by atoms with Gasteiger partial charge in [-0.3, -0.25) is 4.79 Å². The van der Waals surface area contributed by atoms with Crippen LogP contribution in [-0.4, -0.2) is 36.1 Å². The molecule has 3 nitrogen and oxygen atoms in total. The zero-order valence-electron chi connectivity index (χ0n) is 11.6. The van der Waals surface area contributed by atoms with E-state index in [0.29, 0.717) is 19.7 Å². The van der Waals surface area contributed by atoms with E-state index in [0.717, 1.165) is 6.07 Å². The maximum absolute atomic E-state index is 12.9. The summed E-state index contributed by atoms with van der Waals surface area (Å²) >= 11 is 2.86. The zero-order chi connectivity index (χ0) is 15.8. The van der Waals surface area contributed by atoms with Crippen molar-refractivity contribution in [2.75, 3.05) is 19.7 Å². The fourth-order valence-electron chi connectivity index (χ4n) is 2.25. The van der Waals surface area contributed by atoms with Crippen LogP contribution in [0.1, 0.15) is 29.8 Å². The minimum Gasteiger partial charge on any atom is -0.372 e. The van der Waals surface area contributed by atoms with Gasteiger partial charge in [-0.1, -0.05) is 15.9 Å². The standard InChI is InChI=1S/C14H15BrF3NO2/c1-13(2)8-19(5-6-21-13)12(20)9-3-4-11(15)10(7-9)14(16,17)18/h3-4,7H,5-6,8H2,1-2H3. The minimum absolute atomic E-state index is 0.0308. The summed E-state index contributed by atoms with van der Waals surface area (Å²) in [5, 5.41) is 0. The predicted octanol–water partition coefficient (Wildman–Crippen LogP) is 3.72. The van der Waals surface area contributed by atoms with Gasteiger partial charge in [-0.2, -0.15) is 13.2 Å². The number of ether oxygens (including phenoxy) is 1. The summed E-state index contributed by atoms with van der Waals surface area (Å²) in [7, 11) is 0. The Balaban J connectivity index is 2.28. The molecule has 1 amide bonds. The molecule has 0 aliphatic carbocycles. The van der Waals surface area contributed by atoms with E-state index < -0.39 is 23.2 Å². The van der Waals surface area contributed by atoms with Crippen molar-refractivity contribution in [2.45, 2.75) is 25.6 Å². The Labute approximate surface area is 129 Å². The summed E-state index contributed by atoms with van der Waals surface area (Å²) in [6, 6.07) is 3.53. The molecule has 1 aliphatic rings. The fourth-order valence-corrected chi connectivity index (χ4v) is 2.72. The van der Waals surface area contributed by atoms with Crippen molar-refractivity contribution in [2.24, 2.45) is 0 Å². The lowest BCUT2D eigenvalue weighted by Crippen LogP contribution is -2.50. The molecule has 1 fully saturated rings. The van der Waals surface area contributed by atoms with E-state index in [1.54, 1.807) is 0 Å². The van der Waals surface area contributed by atoms with E-state index in [4.69, 9.17) is 4.74 Å². The van der Waals surface area contributed by atoms with Crippen molar-refractivity contribution in [3.05, 3.63) is 33.8 Å². The Bertz CT molecular complexity index is 558. The third-order valence-electron chi connectivity index (χ3n) is 3.23. The number of hydrogen-bond donors (Lipinski definition) is 0. The highest BCUT2D eigenvalue weighted by atomic mass is 79.9. The van der Waals surface area contributed by atoms with E-state index in [1.165, 1.54) is 17.0 Å². The highest BCUT2D eigenvalue weighted by Crippen LogP contribution is 2.35. The molecule has 0 bridgehead atoms. The number of amides is 1. The maximum atomic E-state index is 12.9. The van der Waals surface area contributed by atoms with Crippen LogP contribution in [0.2, 0.25) is 0 Å². The van der Waals surface area contributed by atoms with Crippen molar-refractivity contribution < 1.29 is 22.7 Å². The molecular weight excluding hydrogens is 351 g/mol. The number of nitrogens with zero attached hydrogens (tertiary/aromatic N) is 1. The third kappa shape index (κ3) is 3.77. The van der Waals surface area contributed by atoms with Crippen molar-refractivity contribution in [3.63, 3.8) is 0 Å². The van der Waals surface area contributed by atoms with Gasteiger partial charge in [0.1, 0.15) is 0 Å². The molecule has 116 valence electrons. The molecule has 0 aromatic heterocycles. The van der Waals surface area contributed by atoms with E-state index in [2.05, 4.69) is 15.9 Å². The first-order valence-electron chi connectivity index (χ1n) is 6.40. The summed E-state index contributed by atoms with van der Waals surface area (Å²) in [4.78, 5) is 13.9. The average molecular weight is 366 g/mol. The van der Waals surface area contributed by atoms with Crippen LogP contribution in [0.15, 0.2) is 22.7 Å². The monoisotopic (exact) mass is 365 g/mol. The van der Waals surface area contributed by atoms with Crippen LogP contribution >= 0.6 is 15.9 Å². The molecular formula is C14H15BrF3NO2. The smallest absolute Gasteiger partial charge is 0.372 e. The molecule has 1 aromatic carbocycles. The van der Waals surface area contributed by atoms with Gasteiger partial charge in [0.25, 0.3) is 5.91 Å². The topological polar surface area (TPSA) is 29.5 Å². The SMILES string of the molecule is CC1(C)CN(C(=O)c2ccc(Br)c(C(F)(F)F)c2)CCO1. The highest BCUT2D eigenvalue weighted by Gasteiger charge is 2.35. The molecule has 1 aromatic rings. The second-order valence-corrected chi connectivity index (χ2v) is 6.38. The molecule has 21 heavy (non-hydrogen) atoms. The Morgan fingerprint density at radius 2 is 2.05 bits per heavy atom. The first-order chi connectivity index (χ1) is 9.60. The van der Waals surface area contributed by atoms with Gasteiger partial charge >= 0.3 is 6.18 Å². The van der Waals surface area contributed by atoms with Gasteiger partial charge in [-0.25, -0.2) is 0 Å². The Morgan fingerprint density at radius 3 is 2.62 bits per heavy atom. The Kier molecular flexibility index (Phi) is 4.35. The van der Waals surface area contributed by atoms with Gasteiger partial charge < -0.3 is 9.64 Å². The lowest BCUT2D eigenvalue weighted by Gasteiger charge is -2.38. The van der Waals surface area contributed by atoms with Gasteiger partial charge in [0.15, 0.2) is 0 Å². The van der Waals surface area contributed by atoms with Gasteiger partial charge in [0.2, 0.25) is 0 Å². The second kappa shape index (κ2) is 5.61. The number of alkyl halides is 3. The summed E-state index contributed by atoms with van der Waals surface area (Å²) in [6.45, 7) is 4.79. The van der Waals surface area contributed by atoms with Crippen molar-refractivity contribution >= 4 is 21.8 Å². The minimum atomic E-state index is -4.50. The molecule has 1 heterocycles. The molecule has 0 spiro atoms. The van der Waals surface area contributed by atoms with Gasteiger partial charge in [0.05, 0.1) is 17.8 Å². The summed E-state index contributed by atoms with van der Waals surface area (Å²) in [5.41, 5.74) is -1.31. The van der Waals surface area contributed by atoms with E-state index in [9.17, 15) is 18.0 Å². The molecule has 1 saturated heterocycles. The van der Waals surface area contributed by atoms with Crippen molar-refractivity contribution in [1.29, 1.82) is 0 Å². The maximum Gasteiger partial charge on any atom is 0.417 e. The normalized spacial score (nSPS) is 18.7. The molecule has 1 aliphatic heterocycles. The van der Waals surface area contributed by atoms with Crippen molar-refractivity contribution in [1.82, 2.24) is 4.90 Å². The lowest BCUT2D eigenvalue weighted by molar-refractivity contribution is -0.138. The number of benzene rings is 1. The van der Waals surface area contributed by atoms with Gasteiger partial charge in [0, 0.05) is 23.1 Å². The van der Waals surface area contributed by atoms with Crippen LogP contribution in [0.5, 0.6) is 0 Å². The molecule has 2 rings (SSSR count). The Morgan fingerprint density at radius 1 is 1.38 bits per heavy atom.